The van der Waals surface area contributed by atoms with Crippen molar-refractivity contribution in [3.05, 3.63) is 0 Å². The van der Waals surface area contributed by atoms with Gasteiger partial charge in [-0.05, 0) is 104 Å². The van der Waals surface area contributed by atoms with Crippen LogP contribution in [-0.4, -0.2) is 217 Å². The van der Waals surface area contributed by atoms with E-state index in [0.717, 1.165) is 0 Å². The Labute approximate surface area is 429 Å². The molecule has 0 spiro atoms. The number of morpholine rings is 4. The lowest BCUT2D eigenvalue weighted by atomic mass is 10.1. The highest BCUT2D eigenvalue weighted by atomic mass is 16.6. The number of carboxylic acids is 2. The topological polar surface area (TPSA) is 308 Å². The molecule has 422 valence electrons. The first-order valence-electron chi connectivity index (χ1n) is 23.8. The maximum Gasteiger partial charge on any atom is 0.411 e. The van der Waals surface area contributed by atoms with Crippen molar-refractivity contribution in [2.24, 2.45) is 0 Å². The number of methoxy groups -OCH3 is 1. The van der Waals surface area contributed by atoms with Gasteiger partial charge in [0.15, 0.2) is 17.9 Å². The lowest BCUT2D eigenvalue weighted by Gasteiger charge is -2.35. The summed E-state index contributed by atoms with van der Waals surface area (Å²) in [6, 6.07) is -3.00. The zero-order chi connectivity index (χ0) is 56.7. The second kappa shape index (κ2) is 30.7. The van der Waals surface area contributed by atoms with Crippen LogP contribution in [0.2, 0.25) is 0 Å². The third kappa shape index (κ3) is 31.1. The molecule has 3 amide bonds. The summed E-state index contributed by atoms with van der Waals surface area (Å²) in [6.45, 7) is 31.5. The Hall–Kier alpha value is -5.37. The maximum absolute atomic E-state index is 12.3. The molecule has 3 N–H and O–H groups in total. The number of ketones is 1. The van der Waals surface area contributed by atoms with Crippen molar-refractivity contribution in [2.75, 3.05) is 86.1 Å². The molecule has 4 atom stereocenters. The summed E-state index contributed by atoms with van der Waals surface area (Å²) in [6.07, 6.45) is -2.10. The average Bonchev–Trinajstić information content (AvgIpc) is 3.24. The molecule has 0 bridgehead atoms. The molecular formula is C48H84N4O21. The van der Waals surface area contributed by atoms with Crippen LogP contribution in [0.4, 0.5) is 14.4 Å². The number of carbonyl (C=O) groups excluding carboxylic acids is 7. The number of ether oxygens (including phenoxy) is 10. The summed E-state index contributed by atoms with van der Waals surface area (Å²) in [5, 5.41) is 20.1. The van der Waals surface area contributed by atoms with Crippen molar-refractivity contribution in [3.8, 4) is 0 Å². The van der Waals surface area contributed by atoms with E-state index in [4.69, 9.17) is 52.8 Å². The molecule has 4 heterocycles. The van der Waals surface area contributed by atoms with Crippen molar-refractivity contribution < 1.29 is 101 Å². The second-order valence-electron chi connectivity index (χ2n) is 21.5. The first kappa shape index (κ1) is 67.6. The molecule has 73 heavy (non-hydrogen) atoms. The summed E-state index contributed by atoms with van der Waals surface area (Å²) in [4.78, 5) is 107. The van der Waals surface area contributed by atoms with Gasteiger partial charge in [0.2, 0.25) is 0 Å². The van der Waals surface area contributed by atoms with Gasteiger partial charge in [-0.1, -0.05) is 0 Å². The molecule has 25 nitrogen and oxygen atoms in total. The first-order chi connectivity index (χ1) is 33.3. The van der Waals surface area contributed by atoms with Crippen LogP contribution in [0.5, 0.6) is 0 Å². The number of hydrogen-bond donors (Lipinski definition) is 3. The van der Waals surface area contributed by atoms with Gasteiger partial charge in [0.25, 0.3) is 0 Å². The van der Waals surface area contributed by atoms with Crippen LogP contribution in [0.25, 0.3) is 0 Å². The Morgan fingerprint density at radius 1 is 0.493 bits per heavy atom. The maximum atomic E-state index is 12.3. The van der Waals surface area contributed by atoms with E-state index in [0.29, 0.717) is 39.5 Å². The van der Waals surface area contributed by atoms with E-state index in [2.05, 4.69) is 10.1 Å². The summed E-state index contributed by atoms with van der Waals surface area (Å²) in [5.74, 6) is -3.66. The lowest BCUT2D eigenvalue weighted by Crippen LogP contribution is -2.54. The molecule has 4 rings (SSSR count). The third-order valence-electron chi connectivity index (χ3n) is 8.81. The molecule has 0 aromatic carbocycles. The fraction of sp³-hybridized carbons (Fsp3) is 0.812. The zero-order valence-corrected chi connectivity index (χ0v) is 46.0. The molecule has 4 fully saturated rings. The van der Waals surface area contributed by atoms with E-state index in [9.17, 15) is 43.2 Å². The van der Waals surface area contributed by atoms with Gasteiger partial charge in [-0.2, -0.15) is 0 Å². The summed E-state index contributed by atoms with van der Waals surface area (Å²) in [5.41, 5.74) is -2.86. The molecule has 0 unspecified atom stereocenters. The first-order valence-corrected chi connectivity index (χ1v) is 23.8. The molecule has 4 saturated heterocycles. The molecule has 0 saturated carbocycles. The van der Waals surface area contributed by atoms with Crippen LogP contribution in [-0.2, 0) is 76.1 Å². The standard InChI is InChI=1S/C16H27NO6.C11H19NO5.C10H17NO5.C6H12O2.C5H9NO3/c1-15(2,3)22-13(19)9-12(18)11-10-21-8-7-17(11)14(20)23-16(4,5)6;1-11(2,3)17-10(14)12-5-6-16-7-8(12)9(13)15-4;1-10(2,3)16-9(14)11-4-5-15-6-7(11)8(12)13;1-5(7)8-6(2,3)4;7-5(8)4-3-9-2-1-6-4/h11H,7-10H2,1-6H3;8H,5-7H2,1-4H3;7H,4-6H2,1-3H3,(H,12,13);1-4H3;4,6H,1-3H2,(H,7,8)/t11-;8-;7-;;4-/m000.0/s1. The second-order valence-corrected chi connectivity index (χ2v) is 21.5. The minimum Gasteiger partial charge on any atom is -0.480 e. The fourth-order valence-electron chi connectivity index (χ4n) is 6.02. The van der Waals surface area contributed by atoms with Gasteiger partial charge < -0.3 is 62.9 Å². The summed E-state index contributed by atoms with van der Waals surface area (Å²) in [7, 11) is 1.28. The minimum absolute atomic E-state index is 0.00851. The SMILES string of the molecule is CC(=O)OC(C)(C)C.CC(C)(C)OC(=O)CC(=O)[C@@H]1COCCN1C(=O)OC(C)(C)C.CC(C)(C)OC(=O)N1CCOC[C@H]1C(=O)O.COC(=O)[C@@H]1COCCN1C(=O)OC(C)(C)C.O=C(O)[C@@H]1COCCN1. The highest BCUT2D eigenvalue weighted by Crippen LogP contribution is 2.19. The number of carboxylic acid groups (broad SMARTS) is 2. The normalized spacial score (nSPS) is 20.3. The molecule has 4 aliphatic rings. The fourth-order valence-corrected chi connectivity index (χ4v) is 6.02. The predicted octanol–water partition coefficient (Wildman–Crippen LogP) is 3.83. The molecule has 0 aromatic rings. The van der Waals surface area contributed by atoms with Gasteiger partial charge in [-0.15, -0.1) is 0 Å². The Morgan fingerprint density at radius 2 is 0.849 bits per heavy atom. The Morgan fingerprint density at radius 3 is 1.15 bits per heavy atom. The Balaban J connectivity index is 0.000000931. The molecule has 4 aliphatic heterocycles. The molecule has 0 aromatic heterocycles. The van der Waals surface area contributed by atoms with Gasteiger partial charge in [0, 0.05) is 33.1 Å². The smallest absolute Gasteiger partial charge is 0.411 e. The number of carbonyl (C=O) groups is 9. The average molecular weight is 1050 g/mol. The number of amides is 3. The van der Waals surface area contributed by atoms with E-state index in [1.165, 1.54) is 28.7 Å². The van der Waals surface area contributed by atoms with Gasteiger partial charge in [0.05, 0.1) is 60.0 Å². The Kier molecular flexibility index (Phi) is 28.5. The van der Waals surface area contributed by atoms with Crippen LogP contribution in [0.15, 0.2) is 0 Å². The molecule has 0 aliphatic carbocycles. The number of hydrogen-bond acceptors (Lipinski definition) is 20. The Bertz CT molecular complexity index is 1800. The van der Waals surface area contributed by atoms with Gasteiger partial charge in [-0.3, -0.25) is 33.9 Å². The quantitative estimate of drug-likeness (QED) is 0.193. The van der Waals surface area contributed by atoms with E-state index in [-0.39, 0.29) is 51.1 Å². The summed E-state index contributed by atoms with van der Waals surface area (Å²) >= 11 is 0. The number of nitrogens with zero attached hydrogens (tertiary/aromatic N) is 3. The van der Waals surface area contributed by atoms with Gasteiger partial charge in [-0.25, -0.2) is 24.0 Å². The van der Waals surface area contributed by atoms with Crippen LogP contribution in [0, 0.1) is 0 Å². The van der Waals surface area contributed by atoms with E-state index < -0.39 is 101 Å². The van der Waals surface area contributed by atoms with E-state index in [1.54, 1.807) is 83.1 Å². The molecule has 0 radical (unpaired) electrons. The van der Waals surface area contributed by atoms with Crippen LogP contribution in [0.3, 0.4) is 0 Å². The monoisotopic (exact) mass is 1050 g/mol. The summed E-state index contributed by atoms with van der Waals surface area (Å²) < 4.78 is 50.6. The highest BCUT2D eigenvalue weighted by molar-refractivity contribution is 6.00. The molecular weight excluding hydrogens is 969 g/mol. The number of rotatable bonds is 6. The zero-order valence-electron chi connectivity index (χ0n) is 46.0. The highest BCUT2D eigenvalue weighted by Gasteiger charge is 2.39. The third-order valence-corrected chi connectivity index (χ3v) is 8.81. The van der Waals surface area contributed by atoms with Crippen molar-refractivity contribution >= 4 is 53.9 Å². The van der Waals surface area contributed by atoms with Crippen LogP contribution >= 0.6 is 0 Å². The van der Waals surface area contributed by atoms with E-state index in [1.807, 2.05) is 20.8 Å². The molecule has 25 heteroatoms. The van der Waals surface area contributed by atoms with Crippen molar-refractivity contribution in [1.82, 2.24) is 20.0 Å². The van der Waals surface area contributed by atoms with Gasteiger partial charge >= 0.3 is 48.1 Å². The van der Waals surface area contributed by atoms with Crippen molar-refractivity contribution in [1.29, 1.82) is 0 Å². The number of aliphatic carboxylic acids is 2. The van der Waals surface area contributed by atoms with Crippen molar-refractivity contribution in [2.45, 2.75) is 169 Å². The number of Topliss-reactive ketones (excluding diaryl/α,β-unsaturated/α-hetero) is 1. The number of nitrogens with one attached hydrogen (secondary N) is 1. The number of esters is 3. The van der Waals surface area contributed by atoms with E-state index >= 15 is 0 Å². The van der Waals surface area contributed by atoms with Gasteiger partial charge in [0.1, 0.15) is 46.5 Å². The predicted molar refractivity (Wildman–Crippen MR) is 260 cm³/mol. The van der Waals surface area contributed by atoms with Crippen molar-refractivity contribution in [3.63, 3.8) is 0 Å². The largest absolute Gasteiger partial charge is 0.480 e. The van der Waals surface area contributed by atoms with Crippen LogP contribution in [0.1, 0.15) is 117 Å². The minimum atomic E-state index is -1.08. The lowest BCUT2D eigenvalue weighted by molar-refractivity contribution is -0.158. The van der Waals surface area contributed by atoms with Crippen LogP contribution < -0.4 is 5.32 Å².